The van der Waals surface area contributed by atoms with E-state index in [0.29, 0.717) is 24.6 Å². The van der Waals surface area contributed by atoms with Gasteiger partial charge in [0.2, 0.25) is 0 Å². The number of likely N-dealkylation sites (tertiary alicyclic amines) is 1. The summed E-state index contributed by atoms with van der Waals surface area (Å²) in [5, 5.41) is 0.254. The molecule has 0 radical (unpaired) electrons. The number of halogens is 2. The van der Waals surface area contributed by atoms with E-state index < -0.39 is 0 Å². The highest BCUT2D eigenvalue weighted by Crippen LogP contribution is 2.35. The van der Waals surface area contributed by atoms with Crippen LogP contribution in [-0.2, 0) is 0 Å². The van der Waals surface area contributed by atoms with Crippen LogP contribution < -0.4 is 4.90 Å². The normalized spacial score (nSPS) is 21.1. The molecule has 2 fully saturated rings. The summed E-state index contributed by atoms with van der Waals surface area (Å²) in [7, 11) is 0. The molecule has 2 aliphatic rings. The van der Waals surface area contributed by atoms with Gasteiger partial charge >= 0.3 is 0 Å². The molecule has 2 aromatic carbocycles. The van der Waals surface area contributed by atoms with Gasteiger partial charge in [0.15, 0.2) is 0 Å². The summed E-state index contributed by atoms with van der Waals surface area (Å²) in [6.07, 6.45) is 1.60. The smallest absolute Gasteiger partial charge is 0.257 e. The van der Waals surface area contributed by atoms with Gasteiger partial charge in [-0.05, 0) is 47.9 Å². The second kappa shape index (κ2) is 10.1. The molecule has 176 valence electrons. The van der Waals surface area contributed by atoms with Gasteiger partial charge in [-0.3, -0.25) is 9.69 Å². The van der Waals surface area contributed by atoms with E-state index in [1.54, 1.807) is 18.3 Å². The lowest BCUT2D eigenvalue weighted by Gasteiger charge is -2.37. The molecule has 34 heavy (non-hydrogen) atoms. The maximum absolute atomic E-state index is 13.3. The third-order valence-electron chi connectivity index (χ3n) is 7.00. The fourth-order valence-electron chi connectivity index (χ4n) is 5.19. The molecular formula is C27H28ClFN4O. The minimum absolute atomic E-state index is 0.0531. The van der Waals surface area contributed by atoms with E-state index in [0.717, 1.165) is 38.4 Å². The Balaban J connectivity index is 1.28. The van der Waals surface area contributed by atoms with E-state index in [4.69, 9.17) is 11.6 Å². The quantitative estimate of drug-likeness (QED) is 0.504. The monoisotopic (exact) mass is 478 g/mol. The van der Waals surface area contributed by atoms with Crippen molar-refractivity contribution in [2.45, 2.75) is 5.92 Å². The molecule has 0 N–H and O–H groups in total. The maximum Gasteiger partial charge on any atom is 0.257 e. The highest BCUT2D eigenvalue weighted by atomic mass is 35.5. The minimum atomic E-state index is -0.206. The molecule has 1 aromatic heterocycles. The number of nitrogens with zero attached hydrogens (tertiary/aromatic N) is 4. The van der Waals surface area contributed by atoms with Gasteiger partial charge in [0.1, 0.15) is 11.0 Å². The van der Waals surface area contributed by atoms with Gasteiger partial charge in [0.25, 0.3) is 5.91 Å². The first kappa shape index (κ1) is 22.8. The number of rotatable bonds is 5. The van der Waals surface area contributed by atoms with Crippen LogP contribution in [0.25, 0.3) is 0 Å². The van der Waals surface area contributed by atoms with Crippen LogP contribution in [0.1, 0.15) is 21.8 Å². The van der Waals surface area contributed by atoms with E-state index in [1.165, 1.54) is 17.7 Å². The highest BCUT2D eigenvalue weighted by molar-refractivity contribution is 6.32. The second-order valence-electron chi connectivity index (χ2n) is 9.09. The zero-order valence-corrected chi connectivity index (χ0v) is 19.7. The molecule has 5 nitrogen and oxygen atoms in total. The van der Waals surface area contributed by atoms with Gasteiger partial charge in [-0.2, -0.15) is 0 Å². The number of aromatic nitrogens is 1. The Kier molecular flexibility index (Phi) is 6.79. The molecule has 0 saturated carbocycles. The molecular weight excluding hydrogens is 451 g/mol. The first-order valence-corrected chi connectivity index (χ1v) is 12.1. The minimum Gasteiger partial charge on any atom is -0.369 e. The highest BCUT2D eigenvalue weighted by Gasteiger charge is 2.38. The zero-order valence-electron chi connectivity index (χ0n) is 19.0. The van der Waals surface area contributed by atoms with Gasteiger partial charge < -0.3 is 9.80 Å². The molecule has 3 aromatic rings. The van der Waals surface area contributed by atoms with Crippen molar-refractivity contribution in [3.63, 3.8) is 0 Å². The average molecular weight is 479 g/mol. The summed E-state index contributed by atoms with van der Waals surface area (Å²) in [6, 6.07) is 20.7. The van der Waals surface area contributed by atoms with Crippen LogP contribution in [-0.4, -0.2) is 66.5 Å². The van der Waals surface area contributed by atoms with Crippen LogP contribution in [0.3, 0.4) is 0 Å². The van der Waals surface area contributed by atoms with Crippen LogP contribution in [0.4, 0.5) is 10.1 Å². The van der Waals surface area contributed by atoms with Crippen molar-refractivity contribution in [2.75, 3.05) is 50.7 Å². The Labute approximate surface area is 204 Å². The topological polar surface area (TPSA) is 39.7 Å². The van der Waals surface area contributed by atoms with E-state index in [-0.39, 0.29) is 22.8 Å². The number of piperazine rings is 1. The lowest BCUT2D eigenvalue weighted by Crippen LogP contribution is -2.48. The molecule has 3 heterocycles. The Hall–Kier alpha value is -2.96. The Morgan fingerprint density at radius 1 is 0.941 bits per heavy atom. The summed E-state index contributed by atoms with van der Waals surface area (Å²) >= 11 is 6.22. The first-order chi connectivity index (χ1) is 16.6. The molecule has 0 spiro atoms. The Morgan fingerprint density at radius 3 is 2.38 bits per heavy atom. The lowest BCUT2D eigenvalue weighted by atomic mass is 9.88. The fourth-order valence-corrected chi connectivity index (χ4v) is 5.39. The molecule has 2 unspecified atom stereocenters. The van der Waals surface area contributed by atoms with Crippen LogP contribution in [0.5, 0.6) is 0 Å². The SMILES string of the molecule is O=C(c1cccnc1Cl)N1CC(CN2CCN(c3ccc(F)cc3)CC2)C(c2ccccc2)C1. The van der Waals surface area contributed by atoms with E-state index in [9.17, 15) is 9.18 Å². The average Bonchev–Trinajstić information content (AvgIpc) is 3.29. The predicted molar refractivity (Wildman–Crippen MR) is 133 cm³/mol. The number of pyridine rings is 1. The molecule has 2 atom stereocenters. The fraction of sp³-hybridized carbons (Fsp3) is 0.333. The number of carbonyl (C=O) groups excluding carboxylic acids is 1. The van der Waals surface area contributed by atoms with Crippen molar-refractivity contribution >= 4 is 23.2 Å². The third kappa shape index (κ3) is 4.93. The summed E-state index contributed by atoms with van der Waals surface area (Å²) in [6.45, 7) is 6.00. The van der Waals surface area contributed by atoms with Crippen molar-refractivity contribution in [2.24, 2.45) is 5.92 Å². The van der Waals surface area contributed by atoms with E-state index in [2.05, 4.69) is 39.0 Å². The summed E-state index contributed by atoms with van der Waals surface area (Å²) < 4.78 is 13.3. The van der Waals surface area contributed by atoms with Crippen LogP contribution in [0.15, 0.2) is 72.9 Å². The van der Waals surface area contributed by atoms with Crippen molar-refractivity contribution in [3.05, 3.63) is 95.0 Å². The third-order valence-corrected chi connectivity index (χ3v) is 7.30. The lowest BCUT2D eigenvalue weighted by molar-refractivity contribution is 0.0782. The van der Waals surface area contributed by atoms with Crippen molar-refractivity contribution in [3.8, 4) is 0 Å². The van der Waals surface area contributed by atoms with E-state index >= 15 is 0 Å². The molecule has 7 heteroatoms. The molecule has 2 aliphatic heterocycles. The number of amides is 1. The molecule has 0 aliphatic carbocycles. The standard InChI is InChI=1S/C27H28ClFN4O/c28-26-24(7-4-12-30-26)27(34)33-18-21(25(19-33)20-5-2-1-3-6-20)17-31-13-15-32(16-14-31)23-10-8-22(29)9-11-23/h1-12,21,25H,13-19H2. The number of benzene rings is 2. The van der Waals surface area contributed by atoms with Gasteiger partial charge in [-0.1, -0.05) is 41.9 Å². The van der Waals surface area contributed by atoms with Crippen molar-refractivity contribution < 1.29 is 9.18 Å². The summed E-state index contributed by atoms with van der Waals surface area (Å²) in [5.41, 5.74) is 2.80. The van der Waals surface area contributed by atoms with Crippen LogP contribution in [0.2, 0.25) is 5.15 Å². The number of hydrogen-bond donors (Lipinski definition) is 0. The molecule has 2 saturated heterocycles. The molecule has 1 amide bonds. The predicted octanol–water partition coefficient (Wildman–Crippen LogP) is 4.55. The zero-order chi connectivity index (χ0) is 23.5. The van der Waals surface area contributed by atoms with Crippen molar-refractivity contribution in [1.82, 2.24) is 14.8 Å². The maximum atomic E-state index is 13.3. The largest absolute Gasteiger partial charge is 0.369 e. The molecule has 0 bridgehead atoms. The van der Waals surface area contributed by atoms with Gasteiger partial charge in [0, 0.05) is 63.6 Å². The first-order valence-electron chi connectivity index (χ1n) is 11.8. The van der Waals surface area contributed by atoms with Crippen molar-refractivity contribution in [1.29, 1.82) is 0 Å². The van der Waals surface area contributed by atoms with Gasteiger partial charge in [-0.15, -0.1) is 0 Å². The number of anilines is 1. The van der Waals surface area contributed by atoms with Crippen LogP contribution >= 0.6 is 11.6 Å². The Morgan fingerprint density at radius 2 is 1.68 bits per heavy atom. The van der Waals surface area contributed by atoms with Crippen LogP contribution in [0, 0.1) is 11.7 Å². The van der Waals surface area contributed by atoms with E-state index in [1.807, 2.05) is 23.1 Å². The van der Waals surface area contributed by atoms with Gasteiger partial charge in [-0.25, -0.2) is 9.37 Å². The molecule has 5 rings (SSSR count). The summed E-state index contributed by atoms with van der Waals surface area (Å²) in [5.74, 6) is 0.347. The number of carbonyl (C=O) groups is 1. The second-order valence-corrected chi connectivity index (χ2v) is 9.45. The Bertz CT molecular complexity index is 1120. The summed E-state index contributed by atoms with van der Waals surface area (Å²) in [4.78, 5) is 24.1. The van der Waals surface area contributed by atoms with Gasteiger partial charge in [0.05, 0.1) is 5.56 Å². The number of hydrogen-bond acceptors (Lipinski definition) is 4.